The SMILES string of the molecule is CCCOc1ccc(Oc2ccc(C(C)NC)cc2)cc1. The Bertz CT molecular complexity index is 534. The summed E-state index contributed by atoms with van der Waals surface area (Å²) in [4.78, 5) is 0. The largest absolute Gasteiger partial charge is 0.494 e. The van der Waals surface area contributed by atoms with Crippen LogP contribution in [0.3, 0.4) is 0 Å². The van der Waals surface area contributed by atoms with Gasteiger partial charge in [-0.25, -0.2) is 0 Å². The highest BCUT2D eigenvalue weighted by Gasteiger charge is 2.03. The van der Waals surface area contributed by atoms with E-state index in [9.17, 15) is 0 Å². The molecule has 0 saturated heterocycles. The molecule has 3 heteroatoms. The fourth-order valence-electron chi connectivity index (χ4n) is 1.95. The molecule has 0 saturated carbocycles. The molecule has 2 aromatic rings. The monoisotopic (exact) mass is 285 g/mol. The molecule has 2 rings (SSSR count). The Hall–Kier alpha value is -2.00. The number of hydrogen-bond acceptors (Lipinski definition) is 3. The molecule has 0 radical (unpaired) electrons. The molecular formula is C18H23NO2. The highest BCUT2D eigenvalue weighted by molar-refractivity contribution is 5.36. The van der Waals surface area contributed by atoms with Gasteiger partial charge in [-0.3, -0.25) is 0 Å². The summed E-state index contributed by atoms with van der Waals surface area (Å²) in [6.07, 6.45) is 1.01. The Balaban J connectivity index is 1.97. The Morgan fingerprint density at radius 3 is 1.95 bits per heavy atom. The van der Waals surface area contributed by atoms with E-state index in [4.69, 9.17) is 9.47 Å². The van der Waals surface area contributed by atoms with Crippen molar-refractivity contribution in [2.24, 2.45) is 0 Å². The molecule has 0 amide bonds. The fraction of sp³-hybridized carbons (Fsp3) is 0.333. The van der Waals surface area contributed by atoms with Gasteiger partial charge in [0.25, 0.3) is 0 Å². The van der Waals surface area contributed by atoms with E-state index < -0.39 is 0 Å². The van der Waals surface area contributed by atoms with Crippen LogP contribution >= 0.6 is 0 Å². The Labute approximate surface area is 126 Å². The van der Waals surface area contributed by atoms with Crippen LogP contribution < -0.4 is 14.8 Å². The Morgan fingerprint density at radius 2 is 1.43 bits per heavy atom. The lowest BCUT2D eigenvalue weighted by atomic mass is 10.1. The maximum Gasteiger partial charge on any atom is 0.127 e. The summed E-state index contributed by atoms with van der Waals surface area (Å²) in [5.74, 6) is 2.53. The maximum atomic E-state index is 5.83. The van der Waals surface area contributed by atoms with E-state index in [2.05, 4.69) is 31.3 Å². The number of ether oxygens (including phenoxy) is 2. The summed E-state index contributed by atoms with van der Waals surface area (Å²) < 4.78 is 11.4. The minimum absolute atomic E-state index is 0.342. The van der Waals surface area contributed by atoms with Crippen LogP contribution in [0.5, 0.6) is 17.2 Å². The lowest BCUT2D eigenvalue weighted by Gasteiger charge is -2.12. The second-order valence-corrected chi connectivity index (χ2v) is 5.00. The summed E-state index contributed by atoms with van der Waals surface area (Å²) >= 11 is 0. The van der Waals surface area contributed by atoms with Gasteiger partial charge >= 0.3 is 0 Å². The van der Waals surface area contributed by atoms with Crippen molar-refractivity contribution in [2.45, 2.75) is 26.3 Å². The molecule has 1 atom stereocenters. The van der Waals surface area contributed by atoms with Crippen LogP contribution in [-0.2, 0) is 0 Å². The predicted octanol–water partition coefficient (Wildman–Crippen LogP) is 4.55. The number of benzene rings is 2. The third-order valence-electron chi connectivity index (χ3n) is 3.35. The van der Waals surface area contributed by atoms with Crippen LogP contribution in [0.15, 0.2) is 48.5 Å². The van der Waals surface area contributed by atoms with E-state index in [1.54, 1.807) is 0 Å². The molecule has 112 valence electrons. The first kappa shape index (κ1) is 15.4. The summed E-state index contributed by atoms with van der Waals surface area (Å²) in [5, 5.41) is 3.22. The smallest absolute Gasteiger partial charge is 0.127 e. The van der Waals surface area contributed by atoms with Crippen molar-refractivity contribution in [2.75, 3.05) is 13.7 Å². The molecule has 0 bridgehead atoms. The molecule has 3 nitrogen and oxygen atoms in total. The van der Waals surface area contributed by atoms with Crippen LogP contribution in [0.25, 0.3) is 0 Å². The van der Waals surface area contributed by atoms with Crippen molar-refractivity contribution in [1.29, 1.82) is 0 Å². The Morgan fingerprint density at radius 1 is 0.905 bits per heavy atom. The molecule has 21 heavy (non-hydrogen) atoms. The number of hydrogen-bond donors (Lipinski definition) is 1. The molecule has 0 fully saturated rings. The lowest BCUT2D eigenvalue weighted by molar-refractivity contribution is 0.317. The first-order valence-electron chi connectivity index (χ1n) is 7.41. The zero-order chi connectivity index (χ0) is 15.1. The topological polar surface area (TPSA) is 30.5 Å². The molecule has 0 spiro atoms. The van der Waals surface area contributed by atoms with Crippen LogP contribution in [0.2, 0.25) is 0 Å². The van der Waals surface area contributed by atoms with Crippen molar-refractivity contribution < 1.29 is 9.47 Å². The molecule has 0 aromatic heterocycles. The van der Waals surface area contributed by atoms with Crippen LogP contribution in [-0.4, -0.2) is 13.7 Å². The van der Waals surface area contributed by atoms with Gasteiger partial charge in [0.05, 0.1) is 6.61 Å². The third kappa shape index (κ3) is 4.50. The highest BCUT2D eigenvalue weighted by Crippen LogP contribution is 2.25. The zero-order valence-electron chi connectivity index (χ0n) is 12.9. The van der Waals surface area contributed by atoms with Gasteiger partial charge in [-0.15, -0.1) is 0 Å². The van der Waals surface area contributed by atoms with E-state index in [0.717, 1.165) is 30.3 Å². The molecule has 0 heterocycles. The van der Waals surface area contributed by atoms with Gasteiger partial charge in [0.15, 0.2) is 0 Å². The summed E-state index contributed by atoms with van der Waals surface area (Å²) in [6.45, 7) is 4.96. The highest BCUT2D eigenvalue weighted by atomic mass is 16.5. The zero-order valence-corrected chi connectivity index (χ0v) is 12.9. The first-order chi connectivity index (χ1) is 10.2. The quantitative estimate of drug-likeness (QED) is 0.809. The van der Waals surface area contributed by atoms with Crippen molar-refractivity contribution in [1.82, 2.24) is 5.32 Å². The molecule has 0 aliphatic heterocycles. The van der Waals surface area contributed by atoms with Crippen molar-refractivity contribution in [3.05, 3.63) is 54.1 Å². The van der Waals surface area contributed by atoms with Crippen LogP contribution in [0, 0.1) is 0 Å². The van der Waals surface area contributed by atoms with Gasteiger partial charge in [-0.2, -0.15) is 0 Å². The van der Waals surface area contributed by atoms with Gasteiger partial charge in [-0.05, 0) is 62.4 Å². The van der Waals surface area contributed by atoms with Crippen LogP contribution in [0.1, 0.15) is 31.9 Å². The fourth-order valence-corrected chi connectivity index (χ4v) is 1.95. The van der Waals surface area contributed by atoms with Gasteiger partial charge in [0.1, 0.15) is 17.2 Å². The van der Waals surface area contributed by atoms with E-state index in [1.807, 2.05) is 43.4 Å². The molecular weight excluding hydrogens is 262 g/mol. The summed E-state index contributed by atoms with van der Waals surface area (Å²) in [6, 6.07) is 16.2. The lowest BCUT2D eigenvalue weighted by Crippen LogP contribution is -2.11. The standard InChI is InChI=1S/C18H23NO2/c1-4-13-20-16-9-11-18(12-10-16)21-17-7-5-15(6-8-17)14(2)19-3/h5-12,14,19H,4,13H2,1-3H3. The summed E-state index contributed by atoms with van der Waals surface area (Å²) in [7, 11) is 1.96. The normalized spacial score (nSPS) is 12.0. The molecule has 1 unspecified atom stereocenters. The summed E-state index contributed by atoms with van der Waals surface area (Å²) in [5.41, 5.74) is 1.24. The van der Waals surface area contributed by atoms with E-state index in [0.29, 0.717) is 6.04 Å². The van der Waals surface area contributed by atoms with Crippen molar-refractivity contribution >= 4 is 0 Å². The third-order valence-corrected chi connectivity index (χ3v) is 3.35. The molecule has 0 aliphatic carbocycles. The second-order valence-electron chi connectivity index (χ2n) is 5.00. The minimum atomic E-state index is 0.342. The molecule has 1 N–H and O–H groups in total. The first-order valence-corrected chi connectivity index (χ1v) is 7.41. The second kappa shape index (κ2) is 7.70. The van der Waals surface area contributed by atoms with Gasteiger partial charge in [-0.1, -0.05) is 19.1 Å². The van der Waals surface area contributed by atoms with Gasteiger partial charge in [0, 0.05) is 6.04 Å². The van der Waals surface area contributed by atoms with Crippen LogP contribution in [0.4, 0.5) is 0 Å². The Kier molecular flexibility index (Phi) is 5.64. The molecule has 0 aliphatic rings. The number of rotatable bonds is 7. The molecule has 2 aromatic carbocycles. The average molecular weight is 285 g/mol. The maximum absolute atomic E-state index is 5.83. The van der Waals surface area contributed by atoms with E-state index in [-0.39, 0.29) is 0 Å². The van der Waals surface area contributed by atoms with Crippen molar-refractivity contribution in [3.8, 4) is 17.2 Å². The van der Waals surface area contributed by atoms with E-state index in [1.165, 1.54) is 5.56 Å². The van der Waals surface area contributed by atoms with Gasteiger partial charge < -0.3 is 14.8 Å². The average Bonchev–Trinajstić information content (AvgIpc) is 2.54. The minimum Gasteiger partial charge on any atom is -0.494 e. The van der Waals surface area contributed by atoms with E-state index >= 15 is 0 Å². The predicted molar refractivity (Wildman–Crippen MR) is 86.2 cm³/mol. The number of nitrogens with one attached hydrogen (secondary N) is 1. The van der Waals surface area contributed by atoms with Crippen molar-refractivity contribution in [3.63, 3.8) is 0 Å². The van der Waals surface area contributed by atoms with Gasteiger partial charge in [0.2, 0.25) is 0 Å².